The van der Waals surface area contributed by atoms with E-state index in [0.717, 1.165) is 7.11 Å². The van der Waals surface area contributed by atoms with Crippen LogP contribution in [0.1, 0.15) is 13.3 Å². The highest BCUT2D eigenvalue weighted by molar-refractivity contribution is 7.47. The number of phosphoric acid groups is 1. The fourth-order valence-electron chi connectivity index (χ4n) is 1.87. The van der Waals surface area contributed by atoms with Crippen molar-refractivity contribution in [2.75, 3.05) is 27.4 Å². The Balaban J connectivity index is 2.70. The highest BCUT2D eigenvalue weighted by Gasteiger charge is 2.46. The van der Waals surface area contributed by atoms with E-state index in [1.54, 1.807) is 7.11 Å². The largest absolute Gasteiger partial charge is 0.472 e. The van der Waals surface area contributed by atoms with Crippen LogP contribution in [0.15, 0.2) is 0 Å². The van der Waals surface area contributed by atoms with Crippen LogP contribution in [0.5, 0.6) is 0 Å². The molecule has 5 unspecified atom stereocenters. The molecule has 9 heteroatoms. The molecule has 0 aromatic rings. The number of methoxy groups -OCH3 is 1. The lowest BCUT2D eigenvalue weighted by Gasteiger charge is -2.25. The van der Waals surface area contributed by atoms with Crippen molar-refractivity contribution in [2.45, 2.75) is 37.7 Å². The van der Waals surface area contributed by atoms with Crippen LogP contribution in [0.4, 0.5) is 0 Å². The zero-order valence-electron chi connectivity index (χ0n) is 11.4. The first-order valence-corrected chi connectivity index (χ1v) is 7.53. The Bertz CT molecular complexity index is 316. The predicted octanol–water partition coefficient (Wildman–Crippen LogP) is 0.453. The smallest absolute Gasteiger partial charge is 0.382 e. The molecule has 0 spiro atoms. The second-order valence-corrected chi connectivity index (χ2v) is 5.61. The molecular weight excluding hydrogens is 274 g/mol. The van der Waals surface area contributed by atoms with Crippen LogP contribution in [-0.2, 0) is 27.8 Å². The van der Waals surface area contributed by atoms with Gasteiger partial charge < -0.3 is 19.1 Å². The second kappa shape index (κ2) is 7.74. The van der Waals surface area contributed by atoms with E-state index in [4.69, 9.17) is 26.6 Å². The van der Waals surface area contributed by atoms with Gasteiger partial charge in [-0.3, -0.25) is 9.05 Å². The summed E-state index contributed by atoms with van der Waals surface area (Å²) in [5.74, 6) is 0. The molecule has 0 saturated carbocycles. The average Bonchev–Trinajstić information content (AvgIpc) is 2.66. The molecule has 0 bridgehead atoms. The molecular formula is C10H20BO7P. The van der Waals surface area contributed by atoms with E-state index in [9.17, 15) is 9.46 Å². The Morgan fingerprint density at radius 3 is 2.53 bits per heavy atom. The van der Waals surface area contributed by atoms with E-state index in [1.807, 2.05) is 6.92 Å². The van der Waals surface area contributed by atoms with Crippen molar-refractivity contribution in [3.8, 4) is 0 Å². The summed E-state index contributed by atoms with van der Waals surface area (Å²) in [4.78, 5) is 9.41. The third-order valence-corrected chi connectivity index (χ3v) is 3.80. The van der Waals surface area contributed by atoms with Gasteiger partial charge in [0.05, 0.1) is 19.3 Å². The Morgan fingerprint density at radius 2 is 2.00 bits per heavy atom. The summed E-state index contributed by atoms with van der Waals surface area (Å²) in [7, 11) is 4.32. The van der Waals surface area contributed by atoms with Crippen molar-refractivity contribution in [3.05, 3.63) is 0 Å². The number of phosphoric ester groups is 1. The van der Waals surface area contributed by atoms with Gasteiger partial charge in [-0.1, -0.05) is 6.92 Å². The normalized spacial score (nSPS) is 34.3. The maximum absolute atomic E-state index is 11.5. The Labute approximate surface area is 114 Å². The van der Waals surface area contributed by atoms with Gasteiger partial charge in [-0.25, -0.2) is 4.57 Å². The fraction of sp³-hybridized carbons (Fsp3) is 1.00. The van der Waals surface area contributed by atoms with Gasteiger partial charge in [-0.05, 0) is 6.42 Å². The summed E-state index contributed by atoms with van der Waals surface area (Å²) in [5.41, 5.74) is 0. The van der Waals surface area contributed by atoms with Crippen LogP contribution in [0.25, 0.3) is 0 Å². The minimum Gasteiger partial charge on any atom is -0.382 e. The lowest BCUT2D eigenvalue weighted by atomic mass is 9.92. The van der Waals surface area contributed by atoms with Crippen LogP contribution < -0.4 is 0 Å². The minimum atomic E-state index is -4.12. The summed E-state index contributed by atoms with van der Waals surface area (Å²) < 4.78 is 36.8. The summed E-state index contributed by atoms with van der Waals surface area (Å²) in [6.45, 7) is 2.53. The van der Waals surface area contributed by atoms with E-state index in [0.29, 0.717) is 13.0 Å². The monoisotopic (exact) mass is 294 g/mol. The Hall–Kier alpha value is 0.0549. The summed E-state index contributed by atoms with van der Waals surface area (Å²) in [6, 6.07) is -0.719. The second-order valence-electron chi connectivity index (χ2n) is 4.10. The molecule has 1 rings (SSSR count). The van der Waals surface area contributed by atoms with Gasteiger partial charge in [0, 0.05) is 20.2 Å². The molecule has 2 radical (unpaired) electrons. The maximum atomic E-state index is 11.5. The summed E-state index contributed by atoms with van der Waals surface area (Å²) >= 11 is 0. The molecule has 19 heavy (non-hydrogen) atoms. The van der Waals surface area contributed by atoms with Crippen molar-refractivity contribution < 1.29 is 32.7 Å². The Morgan fingerprint density at radius 1 is 1.32 bits per heavy atom. The molecule has 0 aromatic heterocycles. The fourth-order valence-corrected chi connectivity index (χ4v) is 2.52. The van der Waals surface area contributed by atoms with Crippen molar-refractivity contribution in [1.29, 1.82) is 0 Å². The molecule has 1 aliphatic heterocycles. The van der Waals surface area contributed by atoms with Gasteiger partial charge in [0.25, 0.3) is 0 Å². The zero-order valence-corrected chi connectivity index (χ0v) is 12.2. The first-order chi connectivity index (χ1) is 8.95. The SMILES string of the molecule is [B]C1OC(CC)C(OP(=O)(O)OC)C1OCCOC. The van der Waals surface area contributed by atoms with E-state index < -0.39 is 32.1 Å². The van der Waals surface area contributed by atoms with Gasteiger partial charge in [0.1, 0.15) is 20.1 Å². The van der Waals surface area contributed by atoms with Gasteiger partial charge in [-0.15, -0.1) is 0 Å². The van der Waals surface area contributed by atoms with E-state index in [2.05, 4.69) is 4.52 Å². The molecule has 1 aliphatic rings. The van der Waals surface area contributed by atoms with Crippen molar-refractivity contribution in [2.24, 2.45) is 0 Å². The molecule has 0 aromatic carbocycles. The molecule has 1 heterocycles. The van der Waals surface area contributed by atoms with Crippen molar-refractivity contribution >= 4 is 15.7 Å². The van der Waals surface area contributed by atoms with Crippen LogP contribution in [0, 0.1) is 0 Å². The molecule has 1 N–H and O–H groups in total. The molecule has 7 nitrogen and oxygen atoms in total. The van der Waals surface area contributed by atoms with Crippen molar-refractivity contribution in [3.63, 3.8) is 0 Å². The van der Waals surface area contributed by atoms with Gasteiger partial charge in [-0.2, -0.15) is 0 Å². The quantitative estimate of drug-likeness (QED) is 0.395. The van der Waals surface area contributed by atoms with Crippen LogP contribution in [0.3, 0.4) is 0 Å². The van der Waals surface area contributed by atoms with E-state index in [-0.39, 0.29) is 6.61 Å². The van der Waals surface area contributed by atoms with E-state index >= 15 is 0 Å². The third-order valence-electron chi connectivity index (χ3n) is 2.83. The molecule has 0 amide bonds. The summed E-state index contributed by atoms with van der Waals surface area (Å²) in [5, 5.41) is 0. The van der Waals surface area contributed by atoms with Gasteiger partial charge in [0.15, 0.2) is 0 Å². The zero-order chi connectivity index (χ0) is 14.5. The van der Waals surface area contributed by atoms with Crippen molar-refractivity contribution in [1.82, 2.24) is 0 Å². The lowest BCUT2D eigenvalue weighted by Crippen LogP contribution is -2.37. The van der Waals surface area contributed by atoms with Crippen LogP contribution in [0.2, 0.25) is 0 Å². The van der Waals surface area contributed by atoms with E-state index in [1.165, 1.54) is 0 Å². The van der Waals surface area contributed by atoms with Gasteiger partial charge in [0.2, 0.25) is 0 Å². The molecule has 1 saturated heterocycles. The van der Waals surface area contributed by atoms with Crippen LogP contribution >= 0.6 is 7.82 Å². The third kappa shape index (κ3) is 4.83. The lowest BCUT2D eigenvalue weighted by molar-refractivity contribution is -0.0383. The number of ether oxygens (including phenoxy) is 3. The first-order valence-electron chi connectivity index (χ1n) is 6.03. The molecule has 110 valence electrons. The number of hydrogen-bond acceptors (Lipinski definition) is 6. The average molecular weight is 294 g/mol. The number of hydrogen-bond donors (Lipinski definition) is 1. The maximum Gasteiger partial charge on any atom is 0.472 e. The highest BCUT2D eigenvalue weighted by Crippen LogP contribution is 2.46. The molecule has 1 fully saturated rings. The molecule has 0 aliphatic carbocycles. The summed E-state index contributed by atoms with van der Waals surface area (Å²) in [6.07, 6.45) is -1.24. The van der Waals surface area contributed by atoms with Crippen LogP contribution in [-0.4, -0.2) is 64.5 Å². The topological polar surface area (TPSA) is 83.5 Å². The minimum absolute atomic E-state index is 0.289. The standard InChI is InChI=1S/C10H20BO7P/c1-4-7-8(18-19(12,13)15-3)9(10(11)17-7)16-6-5-14-2/h7-10H,4-6H2,1-3H3,(H,12,13). The predicted molar refractivity (Wildman–Crippen MR) is 68.0 cm³/mol. The molecule has 5 atom stereocenters. The van der Waals surface area contributed by atoms with Gasteiger partial charge >= 0.3 is 7.82 Å². The first kappa shape index (κ1) is 17.1. The number of rotatable bonds is 8. The highest BCUT2D eigenvalue weighted by atomic mass is 31.2. The Kier molecular flexibility index (Phi) is 6.97.